The monoisotopic (exact) mass is 313 g/mol. The minimum Gasteiger partial charge on any atom is -0.388 e. The van der Waals surface area contributed by atoms with Gasteiger partial charge in [-0.3, -0.25) is 0 Å². The van der Waals surface area contributed by atoms with E-state index in [1.165, 1.54) is 18.2 Å². The zero-order chi connectivity index (χ0) is 14.7. The molecule has 2 atom stereocenters. The van der Waals surface area contributed by atoms with E-state index in [0.29, 0.717) is 10.6 Å². The van der Waals surface area contributed by atoms with Crippen molar-refractivity contribution in [3.05, 3.63) is 69.5 Å². The molecule has 0 aliphatic heterocycles. The number of hydrogen-bond donors (Lipinski definition) is 2. The lowest BCUT2D eigenvalue weighted by Crippen LogP contribution is -2.20. The Bertz CT molecular complexity index is 606. The molecule has 0 bridgehead atoms. The van der Waals surface area contributed by atoms with Crippen molar-refractivity contribution in [1.82, 2.24) is 0 Å². The topological polar surface area (TPSA) is 46.2 Å². The van der Waals surface area contributed by atoms with Gasteiger partial charge in [-0.1, -0.05) is 47.5 Å². The molecule has 106 valence electrons. The van der Waals surface area contributed by atoms with Crippen LogP contribution < -0.4 is 5.73 Å². The Labute approximate surface area is 126 Å². The van der Waals surface area contributed by atoms with Crippen molar-refractivity contribution < 1.29 is 9.50 Å². The van der Waals surface area contributed by atoms with Gasteiger partial charge < -0.3 is 10.8 Å². The molecule has 2 unspecified atom stereocenters. The van der Waals surface area contributed by atoms with Crippen molar-refractivity contribution in [2.75, 3.05) is 6.54 Å². The largest absolute Gasteiger partial charge is 0.388 e. The Morgan fingerprint density at radius 3 is 2.40 bits per heavy atom. The molecule has 2 aromatic carbocycles. The van der Waals surface area contributed by atoms with E-state index < -0.39 is 11.9 Å². The zero-order valence-corrected chi connectivity index (χ0v) is 12.1. The Hall–Kier alpha value is -1.13. The van der Waals surface area contributed by atoms with Crippen molar-refractivity contribution in [2.45, 2.75) is 12.0 Å². The molecule has 0 saturated heterocycles. The van der Waals surface area contributed by atoms with Crippen LogP contribution >= 0.6 is 23.2 Å². The van der Waals surface area contributed by atoms with Gasteiger partial charge in [-0.05, 0) is 29.3 Å². The summed E-state index contributed by atoms with van der Waals surface area (Å²) in [6.45, 7) is 0.208. The third-order valence-electron chi connectivity index (χ3n) is 3.22. The van der Waals surface area contributed by atoms with Crippen LogP contribution in [-0.2, 0) is 0 Å². The zero-order valence-electron chi connectivity index (χ0n) is 10.6. The van der Waals surface area contributed by atoms with Gasteiger partial charge in [-0.2, -0.15) is 0 Å². The van der Waals surface area contributed by atoms with Crippen molar-refractivity contribution in [2.24, 2.45) is 5.73 Å². The molecule has 0 radical (unpaired) electrons. The maximum absolute atomic E-state index is 13.2. The van der Waals surface area contributed by atoms with E-state index in [0.717, 1.165) is 5.56 Å². The molecule has 0 aliphatic carbocycles. The quantitative estimate of drug-likeness (QED) is 0.899. The van der Waals surface area contributed by atoms with Crippen LogP contribution in [-0.4, -0.2) is 11.7 Å². The van der Waals surface area contributed by atoms with Crippen LogP contribution in [0.2, 0.25) is 10.0 Å². The first kappa shape index (κ1) is 15.3. The molecular weight excluding hydrogens is 300 g/mol. The second kappa shape index (κ2) is 6.55. The van der Waals surface area contributed by atoms with Gasteiger partial charge in [0.1, 0.15) is 5.82 Å². The van der Waals surface area contributed by atoms with Gasteiger partial charge in [-0.15, -0.1) is 0 Å². The van der Waals surface area contributed by atoms with E-state index in [1.54, 1.807) is 12.1 Å². The Kier molecular flexibility index (Phi) is 5.00. The van der Waals surface area contributed by atoms with Crippen LogP contribution in [0, 0.1) is 5.82 Å². The van der Waals surface area contributed by atoms with E-state index in [2.05, 4.69) is 0 Å². The lowest BCUT2D eigenvalue weighted by Gasteiger charge is -2.23. The molecule has 0 amide bonds. The fourth-order valence-electron chi connectivity index (χ4n) is 2.13. The number of aliphatic hydroxyl groups is 1. The smallest absolute Gasteiger partial charge is 0.141 e. The minimum atomic E-state index is -0.905. The Morgan fingerprint density at radius 2 is 1.80 bits per heavy atom. The summed E-state index contributed by atoms with van der Waals surface area (Å²) in [5, 5.41) is 11.0. The molecule has 0 spiro atoms. The number of aliphatic hydroxyl groups excluding tert-OH is 1. The molecule has 3 N–H and O–H groups in total. The Morgan fingerprint density at radius 1 is 1.10 bits per heavy atom. The highest BCUT2D eigenvalue weighted by atomic mass is 35.5. The highest BCUT2D eigenvalue weighted by Crippen LogP contribution is 2.35. The van der Waals surface area contributed by atoms with Crippen LogP contribution in [0.1, 0.15) is 23.1 Å². The molecule has 0 aliphatic rings. The summed E-state index contributed by atoms with van der Waals surface area (Å²) in [6, 6.07) is 11.3. The molecule has 0 aromatic heterocycles. The summed E-state index contributed by atoms with van der Waals surface area (Å²) in [4.78, 5) is 0. The summed E-state index contributed by atoms with van der Waals surface area (Å²) < 4.78 is 13.2. The number of benzene rings is 2. The predicted molar refractivity (Wildman–Crippen MR) is 79.6 cm³/mol. The lowest BCUT2D eigenvalue weighted by molar-refractivity contribution is 0.147. The van der Waals surface area contributed by atoms with E-state index in [-0.39, 0.29) is 17.5 Å². The van der Waals surface area contributed by atoms with Gasteiger partial charge in [0, 0.05) is 17.5 Å². The minimum absolute atomic E-state index is 0.0310. The van der Waals surface area contributed by atoms with Crippen molar-refractivity contribution in [1.29, 1.82) is 0 Å². The lowest BCUT2D eigenvalue weighted by atomic mass is 9.89. The highest BCUT2D eigenvalue weighted by molar-refractivity contribution is 6.31. The molecule has 0 saturated carbocycles. The standard InChI is InChI=1S/C15H14Cl2FNO/c16-12-4-2-1-3-10(12)11(8-19)15(20)9-5-6-14(18)13(17)7-9/h1-7,11,15,20H,8,19H2. The van der Waals surface area contributed by atoms with Gasteiger partial charge in [0.25, 0.3) is 0 Å². The molecular formula is C15H14Cl2FNO. The molecule has 2 rings (SSSR count). The number of halogens is 3. The highest BCUT2D eigenvalue weighted by Gasteiger charge is 2.24. The van der Waals surface area contributed by atoms with Gasteiger partial charge in [0.15, 0.2) is 0 Å². The fourth-order valence-corrected chi connectivity index (χ4v) is 2.60. The average molecular weight is 314 g/mol. The van der Waals surface area contributed by atoms with Crippen LogP contribution in [0.5, 0.6) is 0 Å². The summed E-state index contributed by atoms with van der Waals surface area (Å²) in [7, 11) is 0. The van der Waals surface area contributed by atoms with Crippen LogP contribution in [0.15, 0.2) is 42.5 Å². The number of nitrogens with two attached hydrogens (primary N) is 1. The van der Waals surface area contributed by atoms with Crippen molar-refractivity contribution in [3.63, 3.8) is 0 Å². The second-order valence-corrected chi connectivity index (χ2v) is 5.30. The first-order valence-electron chi connectivity index (χ1n) is 6.12. The average Bonchev–Trinajstić information content (AvgIpc) is 2.44. The first-order chi connectivity index (χ1) is 9.54. The summed E-state index contributed by atoms with van der Waals surface area (Å²) in [5.41, 5.74) is 7.01. The van der Waals surface area contributed by atoms with E-state index in [4.69, 9.17) is 28.9 Å². The Balaban J connectivity index is 2.36. The number of hydrogen-bond acceptors (Lipinski definition) is 2. The van der Waals surface area contributed by atoms with Crippen LogP contribution in [0.25, 0.3) is 0 Å². The van der Waals surface area contributed by atoms with E-state index in [9.17, 15) is 9.50 Å². The summed E-state index contributed by atoms with van der Waals surface area (Å²) in [6.07, 6.45) is -0.905. The summed E-state index contributed by atoms with van der Waals surface area (Å²) >= 11 is 11.9. The second-order valence-electron chi connectivity index (χ2n) is 4.48. The van der Waals surface area contributed by atoms with Gasteiger partial charge in [0.2, 0.25) is 0 Å². The van der Waals surface area contributed by atoms with Gasteiger partial charge >= 0.3 is 0 Å². The molecule has 0 fully saturated rings. The SMILES string of the molecule is NCC(c1ccccc1Cl)C(O)c1ccc(F)c(Cl)c1. The van der Waals surface area contributed by atoms with E-state index in [1.807, 2.05) is 12.1 Å². The predicted octanol–water partition coefficient (Wildman–Crippen LogP) is 3.91. The van der Waals surface area contributed by atoms with Crippen LogP contribution in [0.3, 0.4) is 0 Å². The molecule has 2 aromatic rings. The fraction of sp³-hybridized carbons (Fsp3) is 0.200. The van der Waals surface area contributed by atoms with Gasteiger partial charge in [-0.25, -0.2) is 4.39 Å². The van der Waals surface area contributed by atoms with Crippen molar-refractivity contribution in [3.8, 4) is 0 Å². The number of rotatable bonds is 4. The molecule has 2 nitrogen and oxygen atoms in total. The van der Waals surface area contributed by atoms with E-state index >= 15 is 0 Å². The maximum atomic E-state index is 13.2. The first-order valence-corrected chi connectivity index (χ1v) is 6.87. The third-order valence-corrected chi connectivity index (χ3v) is 3.86. The molecule has 5 heteroatoms. The summed E-state index contributed by atoms with van der Waals surface area (Å²) in [5.74, 6) is -0.908. The molecule has 20 heavy (non-hydrogen) atoms. The third kappa shape index (κ3) is 3.13. The normalized spacial score (nSPS) is 14.1. The van der Waals surface area contributed by atoms with Gasteiger partial charge in [0.05, 0.1) is 11.1 Å². The maximum Gasteiger partial charge on any atom is 0.141 e. The molecule has 0 heterocycles. The van der Waals surface area contributed by atoms with Crippen LogP contribution in [0.4, 0.5) is 4.39 Å². The van der Waals surface area contributed by atoms with Crippen molar-refractivity contribution >= 4 is 23.2 Å².